The average molecular weight is 325 g/mol. The Kier molecular flexibility index (Phi) is 4.36. The highest BCUT2D eigenvalue weighted by atomic mass is 19.4. The summed E-state index contributed by atoms with van der Waals surface area (Å²) in [5.41, 5.74) is 5.00. The highest BCUT2D eigenvalue weighted by Gasteiger charge is 2.32. The molecule has 0 saturated carbocycles. The lowest BCUT2D eigenvalue weighted by Crippen LogP contribution is -2.48. The molecule has 2 aromatic rings. The molecule has 2 aromatic heterocycles. The van der Waals surface area contributed by atoms with Gasteiger partial charge in [0, 0.05) is 50.9 Å². The van der Waals surface area contributed by atoms with E-state index in [1.165, 1.54) is 18.3 Å². The lowest BCUT2D eigenvalue weighted by Gasteiger charge is -2.35. The van der Waals surface area contributed by atoms with Gasteiger partial charge in [-0.05, 0) is 18.2 Å². The Hall–Kier alpha value is -1.93. The van der Waals surface area contributed by atoms with Crippen LogP contribution in [0.3, 0.4) is 0 Å². The summed E-state index contributed by atoms with van der Waals surface area (Å²) in [5, 5.41) is 0.646. The zero-order valence-electron chi connectivity index (χ0n) is 12.6. The molecule has 0 unspecified atom stereocenters. The minimum atomic E-state index is -4.44. The Bertz CT molecular complexity index is 680. The summed E-state index contributed by atoms with van der Waals surface area (Å²) < 4.78 is 38.3. The first-order valence-corrected chi connectivity index (χ1v) is 7.49. The van der Waals surface area contributed by atoms with Gasteiger partial charge in [0.25, 0.3) is 0 Å². The molecule has 124 valence electrons. The standard InChI is InChI=1S/C15H18F3N5/c16-15(17,18)13-2-1-11-12(21-13)3-5-20-14(11)23-9-7-22(6-4-19)8-10-23/h1-3,5H,4,6-10,19H2. The van der Waals surface area contributed by atoms with Crippen LogP contribution in [0.25, 0.3) is 10.9 Å². The molecule has 5 nitrogen and oxygen atoms in total. The molecule has 1 aliphatic heterocycles. The Labute approximate surface area is 131 Å². The molecule has 0 amide bonds. The van der Waals surface area contributed by atoms with Crippen LogP contribution in [-0.4, -0.2) is 54.1 Å². The monoisotopic (exact) mass is 325 g/mol. The molecule has 3 rings (SSSR count). The number of hydrogen-bond donors (Lipinski definition) is 1. The second-order valence-corrected chi connectivity index (χ2v) is 5.51. The molecule has 3 heterocycles. The summed E-state index contributed by atoms with van der Waals surface area (Å²) in [7, 11) is 0. The third-order valence-electron chi connectivity index (χ3n) is 4.00. The average Bonchev–Trinajstić information content (AvgIpc) is 2.54. The lowest BCUT2D eigenvalue weighted by molar-refractivity contribution is -0.140. The fourth-order valence-corrected chi connectivity index (χ4v) is 2.81. The van der Waals surface area contributed by atoms with Gasteiger partial charge < -0.3 is 10.6 Å². The Balaban J connectivity index is 1.87. The lowest BCUT2D eigenvalue weighted by atomic mass is 10.2. The normalized spacial score (nSPS) is 17.0. The summed E-state index contributed by atoms with van der Waals surface area (Å²) in [6.07, 6.45) is -2.93. The van der Waals surface area contributed by atoms with E-state index in [1.54, 1.807) is 0 Å². The predicted octanol–water partition coefficient (Wildman–Crippen LogP) is 1.73. The molecule has 23 heavy (non-hydrogen) atoms. The number of nitrogens with two attached hydrogens (primary N) is 1. The van der Waals surface area contributed by atoms with Gasteiger partial charge in [0.2, 0.25) is 0 Å². The maximum Gasteiger partial charge on any atom is 0.433 e. The van der Waals surface area contributed by atoms with Gasteiger partial charge in [-0.15, -0.1) is 0 Å². The number of rotatable bonds is 3. The van der Waals surface area contributed by atoms with Crippen molar-refractivity contribution in [2.45, 2.75) is 6.18 Å². The molecule has 1 aliphatic rings. The molecular formula is C15H18F3N5. The van der Waals surface area contributed by atoms with Gasteiger partial charge in [-0.1, -0.05) is 0 Å². The molecule has 0 bridgehead atoms. The van der Waals surface area contributed by atoms with E-state index in [4.69, 9.17) is 5.73 Å². The third-order valence-corrected chi connectivity index (χ3v) is 4.00. The number of alkyl halides is 3. The quantitative estimate of drug-likeness (QED) is 0.931. The largest absolute Gasteiger partial charge is 0.433 e. The van der Waals surface area contributed by atoms with Crippen molar-refractivity contribution in [2.75, 3.05) is 44.2 Å². The van der Waals surface area contributed by atoms with E-state index >= 15 is 0 Å². The van der Waals surface area contributed by atoms with Crippen LogP contribution in [0.4, 0.5) is 19.0 Å². The first-order valence-electron chi connectivity index (χ1n) is 7.49. The van der Waals surface area contributed by atoms with Crippen molar-refractivity contribution >= 4 is 16.7 Å². The SMILES string of the molecule is NCCN1CCN(c2nccc3nc(C(F)(F)F)ccc23)CC1. The van der Waals surface area contributed by atoms with E-state index in [1.807, 2.05) is 0 Å². The van der Waals surface area contributed by atoms with Gasteiger partial charge in [-0.25, -0.2) is 9.97 Å². The second kappa shape index (κ2) is 6.29. The van der Waals surface area contributed by atoms with Crippen LogP contribution in [0.15, 0.2) is 24.4 Å². The van der Waals surface area contributed by atoms with E-state index in [0.717, 1.165) is 38.8 Å². The van der Waals surface area contributed by atoms with Gasteiger partial charge in [0.15, 0.2) is 0 Å². The number of nitrogens with zero attached hydrogens (tertiary/aromatic N) is 4. The van der Waals surface area contributed by atoms with Gasteiger partial charge in [-0.2, -0.15) is 13.2 Å². The Morgan fingerprint density at radius 1 is 1.09 bits per heavy atom. The fraction of sp³-hybridized carbons (Fsp3) is 0.467. The zero-order valence-corrected chi connectivity index (χ0v) is 12.6. The van der Waals surface area contributed by atoms with Crippen molar-refractivity contribution in [3.8, 4) is 0 Å². The number of aromatic nitrogens is 2. The summed E-state index contributed by atoms with van der Waals surface area (Å²) in [6, 6.07) is 3.98. The minimum Gasteiger partial charge on any atom is -0.353 e. The van der Waals surface area contributed by atoms with Crippen molar-refractivity contribution < 1.29 is 13.2 Å². The third kappa shape index (κ3) is 3.37. The first kappa shape index (κ1) is 15.9. The van der Waals surface area contributed by atoms with Crippen LogP contribution in [0.5, 0.6) is 0 Å². The molecule has 1 saturated heterocycles. The minimum absolute atomic E-state index is 0.314. The van der Waals surface area contributed by atoms with E-state index in [2.05, 4.69) is 19.8 Å². The highest BCUT2D eigenvalue weighted by molar-refractivity contribution is 5.89. The summed E-state index contributed by atoms with van der Waals surface area (Å²) in [6.45, 7) is 4.75. The Morgan fingerprint density at radius 2 is 1.83 bits per heavy atom. The van der Waals surface area contributed by atoms with E-state index in [0.29, 0.717) is 23.3 Å². The first-order chi connectivity index (χ1) is 11.0. The topological polar surface area (TPSA) is 58.3 Å². The van der Waals surface area contributed by atoms with Crippen molar-refractivity contribution in [2.24, 2.45) is 5.73 Å². The van der Waals surface area contributed by atoms with Crippen LogP contribution >= 0.6 is 0 Å². The number of fused-ring (bicyclic) bond motifs is 1. The van der Waals surface area contributed by atoms with Crippen LogP contribution in [0.1, 0.15) is 5.69 Å². The highest BCUT2D eigenvalue weighted by Crippen LogP contribution is 2.31. The molecule has 1 fully saturated rings. The molecule has 0 atom stereocenters. The van der Waals surface area contributed by atoms with Gasteiger partial charge in [-0.3, -0.25) is 4.90 Å². The van der Waals surface area contributed by atoms with Crippen LogP contribution in [0.2, 0.25) is 0 Å². The Morgan fingerprint density at radius 3 is 2.48 bits per heavy atom. The predicted molar refractivity (Wildman–Crippen MR) is 82.2 cm³/mol. The molecule has 0 radical (unpaired) electrons. The number of halogens is 3. The molecule has 0 spiro atoms. The molecular weight excluding hydrogens is 307 g/mol. The van der Waals surface area contributed by atoms with Gasteiger partial charge >= 0.3 is 6.18 Å². The van der Waals surface area contributed by atoms with Crippen LogP contribution in [0, 0.1) is 0 Å². The van der Waals surface area contributed by atoms with E-state index in [-0.39, 0.29) is 0 Å². The zero-order chi connectivity index (χ0) is 16.4. The van der Waals surface area contributed by atoms with Crippen molar-refractivity contribution in [3.05, 3.63) is 30.1 Å². The summed E-state index contributed by atoms with van der Waals surface area (Å²) in [4.78, 5) is 12.4. The van der Waals surface area contributed by atoms with Crippen molar-refractivity contribution in [1.82, 2.24) is 14.9 Å². The van der Waals surface area contributed by atoms with Gasteiger partial charge in [0.05, 0.1) is 5.52 Å². The smallest absolute Gasteiger partial charge is 0.353 e. The second-order valence-electron chi connectivity index (χ2n) is 5.51. The van der Waals surface area contributed by atoms with Crippen LogP contribution < -0.4 is 10.6 Å². The molecule has 0 aromatic carbocycles. The number of anilines is 1. The van der Waals surface area contributed by atoms with E-state index < -0.39 is 11.9 Å². The van der Waals surface area contributed by atoms with Gasteiger partial charge in [0.1, 0.15) is 11.5 Å². The number of piperazine rings is 1. The van der Waals surface area contributed by atoms with Crippen molar-refractivity contribution in [3.63, 3.8) is 0 Å². The molecule has 0 aliphatic carbocycles. The maximum atomic E-state index is 12.8. The molecule has 8 heteroatoms. The fourth-order valence-electron chi connectivity index (χ4n) is 2.81. The molecule has 2 N–H and O–H groups in total. The van der Waals surface area contributed by atoms with E-state index in [9.17, 15) is 13.2 Å². The van der Waals surface area contributed by atoms with Crippen molar-refractivity contribution in [1.29, 1.82) is 0 Å². The maximum absolute atomic E-state index is 12.8. The number of hydrogen-bond acceptors (Lipinski definition) is 5. The summed E-state index contributed by atoms with van der Waals surface area (Å²) in [5.74, 6) is 0.691. The number of pyridine rings is 2. The summed E-state index contributed by atoms with van der Waals surface area (Å²) >= 11 is 0. The van der Waals surface area contributed by atoms with Crippen LogP contribution in [-0.2, 0) is 6.18 Å².